The number of aromatic nitrogens is 2. The molecule has 0 saturated heterocycles. The minimum absolute atomic E-state index is 0.0437. The van der Waals surface area contributed by atoms with Gasteiger partial charge in [-0.2, -0.15) is 5.26 Å². The Kier molecular flexibility index (Phi) is 5.26. The van der Waals surface area contributed by atoms with Crippen LogP contribution in [0.3, 0.4) is 0 Å². The Hall–Kier alpha value is -3.14. The fraction of sp³-hybridized carbons (Fsp3) is 0.400. The molecule has 1 aromatic heterocycles. The second-order valence-corrected chi connectivity index (χ2v) is 6.84. The molecule has 7 nitrogen and oxygen atoms in total. The molecule has 1 amide bonds. The number of rotatable bonds is 5. The minimum Gasteiger partial charge on any atom is -0.325 e. The van der Waals surface area contributed by atoms with Gasteiger partial charge in [-0.15, -0.1) is 0 Å². The maximum absolute atomic E-state index is 12.5. The number of carbonyl (C=O) groups excluding carboxylic acids is 1. The molecule has 1 aromatic carbocycles. The highest BCUT2D eigenvalue weighted by Crippen LogP contribution is 2.20. The fourth-order valence-electron chi connectivity index (χ4n) is 3.36. The number of amides is 1. The topological polar surface area (TPSA) is 96.9 Å². The molecule has 0 unspecified atom stereocenters. The highest BCUT2D eigenvalue weighted by Gasteiger charge is 2.23. The molecular formula is C20H22N4O3. The van der Waals surface area contributed by atoms with E-state index in [2.05, 4.69) is 19.2 Å². The van der Waals surface area contributed by atoms with Gasteiger partial charge in [0.15, 0.2) is 0 Å². The van der Waals surface area contributed by atoms with Crippen LogP contribution in [0.15, 0.2) is 33.9 Å². The fourth-order valence-corrected chi connectivity index (χ4v) is 3.36. The van der Waals surface area contributed by atoms with E-state index in [-0.39, 0.29) is 5.56 Å². The van der Waals surface area contributed by atoms with Crippen LogP contribution in [0.1, 0.15) is 49.4 Å². The molecule has 140 valence electrons. The van der Waals surface area contributed by atoms with Gasteiger partial charge in [0.2, 0.25) is 5.91 Å². The van der Waals surface area contributed by atoms with Crippen molar-refractivity contribution < 1.29 is 4.79 Å². The van der Waals surface area contributed by atoms with E-state index in [4.69, 9.17) is 0 Å². The zero-order valence-corrected chi connectivity index (χ0v) is 15.5. The Morgan fingerprint density at radius 2 is 2.00 bits per heavy atom. The van der Waals surface area contributed by atoms with Gasteiger partial charge in [0.25, 0.3) is 5.56 Å². The number of anilines is 1. The zero-order chi connectivity index (χ0) is 19.6. The van der Waals surface area contributed by atoms with Gasteiger partial charge >= 0.3 is 5.69 Å². The predicted octanol–water partition coefficient (Wildman–Crippen LogP) is 1.98. The average Bonchev–Trinajstić information content (AvgIpc) is 3.15. The summed E-state index contributed by atoms with van der Waals surface area (Å²) in [6, 6.07) is 9.40. The first-order valence-electron chi connectivity index (χ1n) is 9.12. The molecule has 2 heterocycles. The first-order chi connectivity index (χ1) is 13.0. The zero-order valence-electron chi connectivity index (χ0n) is 15.5. The molecule has 0 spiro atoms. The average molecular weight is 366 g/mol. The SMILES string of the molecule is CC[C@H](C)c1ccc(NC(=O)Cn2c(=O)c(C#N)c3n(c2=O)CCC3)cc1. The number of benzene rings is 1. The molecule has 0 aliphatic carbocycles. The molecule has 0 bridgehead atoms. The number of carbonyl (C=O) groups is 1. The van der Waals surface area contributed by atoms with Crippen LogP contribution in [0.5, 0.6) is 0 Å². The van der Waals surface area contributed by atoms with Gasteiger partial charge in [-0.25, -0.2) is 9.36 Å². The summed E-state index contributed by atoms with van der Waals surface area (Å²) in [5.74, 6) is -0.0443. The van der Waals surface area contributed by atoms with Crippen LogP contribution < -0.4 is 16.6 Å². The third kappa shape index (κ3) is 3.56. The number of nitrogens with zero attached hydrogens (tertiary/aromatic N) is 3. The first kappa shape index (κ1) is 18.6. The third-order valence-electron chi connectivity index (χ3n) is 5.12. The number of nitrogens with one attached hydrogen (secondary N) is 1. The van der Waals surface area contributed by atoms with Gasteiger partial charge in [-0.05, 0) is 42.9 Å². The Morgan fingerprint density at radius 3 is 2.63 bits per heavy atom. The van der Waals surface area contributed by atoms with Crippen molar-refractivity contribution in [2.45, 2.75) is 52.1 Å². The molecule has 1 aliphatic rings. The summed E-state index contributed by atoms with van der Waals surface area (Å²) in [6.45, 7) is 4.29. The lowest BCUT2D eigenvalue weighted by molar-refractivity contribution is -0.116. The van der Waals surface area contributed by atoms with E-state index in [1.807, 2.05) is 18.2 Å². The molecule has 2 aromatic rings. The van der Waals surface area contributed by atoms with Crippen LogP contribution >= 0.6 is 0 Å². The summed E-state index contributed by atoms with van der Waals surface area (Å²) in [5.41, 5.74) is 0.985. The highest BCUT2D eigenvalue weighted by atomic mass is 16.2. The maximum atomic E-state index is 12.5. The van der Waals surface area contributed by atoms with Crippen molar-refractivity contribution in [2.75, 3.05) is 5.32 Å². The van der Waals surface area contributed by atoms with E-state index in [1.54, 1.807) is 12.1 Å². The van der Waals surface area contributed by atoms with E-state index in [1.165, 1.54) is 10.1 Å². The molecule has 1 N–H and O–H groups in total. The number of hydrogen-bond acceptors (Lipinski definition) is 4. The predicted molar refractivity (Wildman–Crippen MR) is 102 cm³/mol. The van der Waals surface area contributed by atoms with Gasteiger partial charge in [0, 0.05) is 17.9 Å². The van der Waals surface area contributed by atoms with Crippen LogP contribution in [0, 0.1) is 11.3 Å². The number of nitriles is 1. The number of hydrogen-bond donors (Lipinski definition) is 1. The van der Waals surface area contributed by atoms with Crippen LogP contribution in [-0.4, -0.2) is 15.0 Å². The monoisotopic (exact) mass is 366 g/mol. The van der Waals surface area contributed by atoms with Gasteiger partial charge in [-0.1, -0.05) is 26.0 Å². The summed E-state index contributed by atoms with van der Waals surface area (Å²) in [5, 5.41) is 12.0. The summed E-state index contributed by atoms with van der Waals surface area (Å²) in [7, 11) is 0. The van der Waals surface area contributed by atoms with E-state index in [9.17, 15) is 19.6 Å². The van der Waals surface area contributed by atoms with Crippen LogP contribution in [0.25, 0.3) is 0 Å². The van der Waals surface area contributed by atoms with Crippen LogP contribution in [0.2, 0.25) is 0 Å². The quantitative estimate of drug-likeness (QED) is 0.875. The molecule has 7 heteroatoms. The normalized spacial score (nSPS) is 13.7. The van der Waals surface area contributed by atoms with Gasteiger partial charge < -0.3 is 5.32 Å². The first-order valence-corrected chi connectivity index (χ1v) is 9.12. The lowest BCUT2D eigenvalue weighted by atomic mass is 9.99. The summed E-state index contributed by atoms with van der Waals surface area (Å²) in [4.78, 5) is 37.4. The van der Waals surface area contributed by atoms with Crippen molar-refractivity contribution >= 4 is 11.6 Å². The van der Waals surface area contributed by atoms with Gasteiger partial charge in [0.05, 0.1) is 0 Å². The summed E-state index contributed by atoms with van der Waals surface area (Å²) in [6.07, 6.45) is 2.27. The second kappa shape index (κ2) is 7.62. The minimum atomic E-state index is -0.696. The van der Waals surface area contributed by atoms with Crippen LogP contribution in [0.4, 0.5) is 5.69 Å². The Morgan fingerprint density at radius 1 is 1.30 bits per heavy atom. The van der Waals surface area contributed by atoms with Crippen molar-refractivity contribution in [2.24, 2.45) is 0 Å². The molecule has 0 radical (unpaired) electrons. The molecule has 0 saturated carbocycles. The van der Waals surface area contributed by atoms with E-state index in [0.29, 0.717) is 36.7 Å². The molecular weight excluding hydrogens is 344 g/mol. The molecule has 3 rings (SSSR count). The Balaban J connectivity index is 1.82. The highest BCUT2D eigenvalue weighted by molar-refractivity contribution is 5.90. The van der Waals surface area contributed by atoms with Crippen molar-refractivity contribution in [1.82, 2.24) is 9.13 Å². The van der Waals surface area contributed by atoms with Crippen LogP contribution in [-0.2, 0) is 24.3 Å². The van der Waals surface area contributed by atoms with Crippen molar-refractivity contribution in [3.63, 3.8) is 0 Å². The second-order valence-electron chi connectivity index (χ2n) is 6.84. The van der Waals surface area contributed by atoms with Crippen molar-refractivity contribution in [1.29, 1.82) is 5.26 Å². The van der Waals surface area contributed by atoms with E-state index in [0.717, 1.165) is 11.0 Å². The van der Waals surface area contributed by atoms with Crippen molar-refractivity contribution in [3.8, 4) is 6.07 Å². The third-order valence-corrected chi connectivity index (χ3v) is 5.12. The largest absolute Gasteiger partial charge is 0.331 e. The summed E-state index contributed by atoms with van der Waals surface area (Å²) >= 11 is 0. The van der Waals surface area contributed by atoms with E-state index >= 15 is 0 Å². The maximum Gasteiger partial charge on any atom is 0.331 e. The Labute approximate surface area is 156 Å². The van der Waals surface area contributed by atoms with Gasteiger partial charge in [-0.3, -0.25) is 14.2 Å². The standard InChI is InChI=1S/C20H22N4O3/c1-3-13(2)14-6-8-15(9-7-14)22-18(25)12-24-19(26)16(11-21)17-5-4-10-23(17)20(24)27/h6-9,13H,3-5,10,12H2,1-2H3,(H,22,25)/t13-/m0/s1. The smallest absolute Gasteiger partial charge is 0.325 e. The molecule has 1 atom stereocenters. The molecule has 1 aliphatic heterocycles. The summed E-state index contributed by atoms with van der Waals surface area (Å²) < 4.78 is 2.27. The van der Waals surface area contributed by atoms with E-state index < -0.39 is 23.7 Å². The van der Waals surface area contributed by atoms with Gasteiger partial charge in [0.1, 0.15) is 18.2 Å². The lowest BCUT2D eigenvalue weighted by Crippen LogP contribution is -2.44. The molecule has 0 fully saturated rings. The van der Waals surface area contributed by atoms with Crippen molar-refractivity contribution in [3.05, 3.63) is 61.9 Å². The Bertz CT molecular complexity index is 1030. The number of fused-ring (bicyclic) bond motifs is 1. The molecule has 27 heavy (non-hydrogen) atoms. The lowest BCUT2D eigenvalue weighted by Gasteiger charge is -2.12.